The summed E-state index contributed by atoms with van der Waals surface area (Å²) in [6.07, 6.45) is 5.62. The van der Waals surface area contributed by atoms with E-state index in [2.05, 4.69) is 4.90 Å². The summed E-state index contributed by atoms with van der Waals surface area (Å²) in [6.45, 7) is 6.11. The molecule has 0 spiro atoms. The van der Waals surface area contributed by atoms with Crippen molar-refractivity contribution in [1.29, 1.82) is 0 Å². The molecule has 104 valence electrons. The Morgan fingerprint density at radius 3 is 2.33 bits per heavy atom. The number of carbonyl (C=O) groups is 1. The maximum atomic E-state index is 12.4. The molecule has 1 N–H and O–H groups in total. The Kier molecular flexibility index (Phi) is 5.01. The number of aliphatic hydroxyl groups is 1. The molecule has 0 aliphatic carbocycles. The molecule has 2 fully saturated rings. The van der Waals surface area contributed by atoms with E-state index in [9.17, 15) is 4.79 Å². The number of rotatable bonds is 3. The average Bonchev–Trinajstić information content (AvgIpc) is 2.47. The summed E-state index contributed by atoms with van der Waals surface area (Å²) in [4.78, 5) is 16.7. The minimum Gasteiger partial charge on any atom is -0.396 e. The molecular formula is C14H26N2O2. The first kappa shape index (κ1) is 13.8. The van der Waals surface area contributed by atoms with Crippen LogP contribution in [0.2, 0.25) is 0 Å². The van der Waals surface area contributed by atoms with E-state index in [0.717, 1.165) is 51.9 Å². The van der Waals surface area contributed by atoms with Gasteiger partial charge in [0.1, 0.15) is 0 Å². The fraction of sp³-hybridized carbons (Fsp3) is 0.929. The molecule has 2 saturated heterocycles. The van der Waals surface area contributed by atoms with E-state index < -0.39 is 0 Å². The molecule has 0 aromatic heterocycles. The van der Waals surface area contributed by atoms with Crippen molar-refractivity contribution in [2.24, 2.45) is 5.92 Å². The van der Waals surface area contributed by atoms with Gasteiger partial charge in [-0.1, -0.05) is 0 Å². The van der Waals surface area contributed by atoms with Crippen LogP contribution in [0, 0.1) is 5.92 Å². The minimum atomic E-state index is 0.0164. The third-order valence-electron chi connectivity index (χ3n) is 4.48. The molecule has 4 nitrogen and oxygen atoms in total. The molecule has 0 saturated carbocycles. The van der Waals surface area contributed by atoms with Gasteiger partial charge in [0.25, 0.3) is 0 Å². The number of carbonyl (C=O) groups excluding carboxylic acids is 1. The van der Waals surface area contributed by atoms with Crippen molar-refractivity contribution in [3.63, 3.8) is 0 Å². The Bertz CT molecular complexity index is 269. The zero-order valence-corrected chi connectivity index (χ0v) is 11.5. The first-order valence-electron chi connectivity index (χ1n) is 7.36. The summed E-state index contributed by atoms with van der Waals surface area (Å²) in [5.41, 5.74) is 0. The van der Waals surface area contributed by atoms with Crippen LogP contribution in [0.5, 0.6) is 0 Å². The summed E-state index contributed by atoms with van der Waals surface area (Å²) < 4.78 is 0. The zero-order chi connectivity index (χ0) is 13.0. The molecule has 2 aliphatic rings. The molecular weight excluding hydrogens is 228 g/mol. The Morgan fingerprint density at radius 1 is 1.17 bits per heavy atom. The van der Waals surface area contributed by atoms with Gasteiger partial charge in [0.05, 0.1) is 6.04 Å². The fourth-order valence-electron chi connectivity index (χ4n) is 3.06. The van der Waals surface area contributed by atoms with E-state index in [4.69, 9.17) is 5.11 Å². The number of hydrogen-bond donors (Lipinski definition) is 1. The Hall–Kier alpha value is -0.610. The van der Waals surface area contributed by atoms with Crippen molar-refractivity contribution in [2.75, 3.05) is 32.8 Å². The number of likely N-dealkylation sites (tertiary alicyclic amines) is 2. The molecule has 1 unspecified atom stereocenters. The maximum absolute atomic E-state index is 12.4. The van der Waals surface area contributed by atoms with Gasteiger partial charge >= 0.3 is 0 Å². The van der Waals surface area contributed by atoms with Gasteiger partial charge in [-0.15, -0.1) is 0 Å². The Labute approximate surface area is 110 Å². The first-order chi connectivity index (χ1) is 8.72. The average molecular weight is 254 g/mol. The lowest BCUT2D eigenvalue weighted by molar-refractivity contribution is -0.138. The molecule has 0 radical (unpaired) electrons. The van der Waals surface area contributed by atoms with Crippen LogP contribution in [0.3, 0.4) is 0 Å². The normalized spacial score (nSPS) is 25.1. The number of piperidine rings is 2. The van der Waals surface area contributed by atoms with Gasteiger partial charge in [-0.3, -0.25) is 9.69 Å². The van der Waals surface area contributed by atoms with Crippen LogP contribution in [-0.2, 0) is 4.79 Å². The maximum Gasteiger partial charge on any atom is 0.239 e. The molecule has 0 aromatic rings. The van der Waals surface area contributed by atoms with Crippen molar-refractivity contribution < 1.29 is 9.90 Å². The summed E-state index contributed by atoms with van der Waals surface area (Å²) in [5.74, 6) is 0.746. The lowest BCUT2D eigenvalue weighted by Gasteiger charge is -2.38. The van der Waals surface area contributed by atoms with Gasteiger partial charge in [0.2, 0.25) is 5.91 Å². The highest BCUT2D eigenvalue weighted by Gasteiger charge is 2.29. The molecule has 0 bridgehead atoms. The van der Waals surface area contributed by atoms with E-state index in [1.54, 1.807) is 0 Å². The zero-order valence-electron chi connectivity index (χ0n) is 11.5. The number of hydrogen-bond acceptors (Lipinski definition) is 3. The van der Waals surface area contributed by atoms with Crippen LogP contribution in [0.4, 0.5) is 0 Å². The summed E-state index contributed by atoms with van der Waals surface area (Å²) in [7, 11) is 0. The number of amides is 1. The summed E-state index contributed by atoms with van der Waals surface area (Å²) in [5, 5.41) is 9.14. The lowest BCUT2D eigenvalue weighted by atomic mass is 9.96. The van der Waals surface area contributed by atoms with Gasteiger partial charge in [-0.25, -0.2) is 0 Å². The molecule has 1 amide bonds. The van der Waals surface area contributed by atoms with Gasteiger partial charge in [-0.05, 0) is 58.0 Å². The molecule has 1 atom stereocenters. The van der Waals surface area contributed by atoms with E-state index in [0.29, 0.717) is 18.4 Å². The summed E-state index contributed by atoms with van der Waals surface area (Å²) in [6, 6.07) is 0.0164. The topological polar surface area (TPSA) is 43.8 Å². The predicted molar refractivity (Wildman–Crippen MR) is 71.3 cm³/mol. The molecule has 0 aromatic carbocycles. The molecule has 2 aliphatic heterocycles. The highest BCUT2D eigenvalue weighted by Crippen LogP contribution is 2.20. The van der Waals surface area contributed by atoms with Crippen molar-refractivity contribution >= 4 is 5.91 Å². The van der Waals surface area contributed by atoms with E-state index in [1.807, 2.05) is 11.8 Å². The molecule has 2 heterocycles. The lowest BCUT2D eigenvalue weighted by Crippen LogP contribution is -2.51. The van der Waals surface area contributed by atoms with E-state index in [1.165, 1.54) is 6.42 Å². The van der Waals surface area contributed by atoms with Gasteiger partial charge in [0, 0.05) is 19.7 Å². The minimum absolute atomic E-state index is 0.0164. The second kappa shape index (κ2) is 6.53. The Balaban J connectivity index is 1.83. The smallest absolute Gasteiger partial charge is 0.239 e. The number of aliphatic hydroxyl groups excluding tert-OH is 1. The van der Waals surface area contributed by atoms with Gasteiger partial charge < -0.3 is 10.0 Å². The van der Waals surface area contributed by atoms with Crippen LogP contribution in [0.15, 0.2) is 0 Å². The van der Waals surface area contributed by atoms with Crippen LogP contribution < -0.4 is 0 Å². The highest BCUT2D eigenvalue weighted by molar-refractivity contribution is 5.81. The standard InChI is InChI=1S/C14H26N2O2/c1-12(14(18)16-7-3-2-4-8-16)15-9-5-13(11-17)6-10-15/h12-13,17H,2-11H2,1H3. The van der Waals surface area contributed by atoms with Crippen LogP contribution in [0.25, 0.3) is 0 Å². The van der Waals surface area contributed by atoms with Gasteiger partial charge in [0.15, 0.2) is 0 Å². The van der Waals surface area contributed by atoms with Gasteiger partial charge in [-0.2, -0.15) is 0 Å². The van der Waals surface area contributed by atoms with Crippen molar-refractivity contribution in [2.45, 2.75) is 45.1 Å². The van der Waals surface area contributed by atoms with Crippen molar-refractivity contribution in [1.82, 2.24) is 9.80 Å². The second-order valence-electron chi connectivity index (χ2n) is 5.72. The monoisotopic (exact) mass is 254 g/mol. The molecule has 4 heteroatoms. The quantitative estimate of drug-likeness (QED) is 0.820. The third-order valence-corrected chi connectivity index (χ3v) is 4.48. The molecule has 2 rings (SSSR count). The van der Waals surface area contributed by atoms with Crippen LogP contribution in [0.1, 0.15) is 39.0 Å². The van der Waals surface area contributed by atoms with Crippen LogP contribution in [-0.4, -0.2) is 59.6 Å². The third kappa shape index (κ3) is 3.23. The number of nitrogens with zero attached hydrogens (tertiary/aromatic N) is 2. The summed E-state index contributed by atoms with van der Waals surface area (Å²) >= 11 is 0. The van der Waals surface area contributed by atoms with Crippen molar-refractivity contribution in [3.05, 3.63) is 0 Å². The van der Waals surface area contributed by atoms with Crippen molar-refractivity contribution in [3.8, 4) is 0 Å². The fourth-order valence-corrected chi connectivity index (χ4v) is 3.06. The van der Waals surface area contributed by atoms with E-state index >= 15 is 0 Å². The largest absolute Gasteiger partial charge is 0.396 e. The van der Waals surface area contributed by atoms with E-state index in [-0.39, 0.29) is 6.04 Å². The highest BCUT2D eigenvalue weighted by atomic mass is 16.3. The predicted octanol–water partition coefficient (Wildman–Crippen LogP) is 1.09. The second-order valence-corrected chi connectivity index (χ2v) is 5.72. The Morgan fingerprint density at radius 2 is 1.78 bits per heavy atom. The molecule has 18 heavy (non-hydrogen) atoms. The first-order valence-corrected chi connectivity index (χ1v) is 7.36. The van der Waals surface area contributed by atoms with Crippen LogP contribution >= 0.6 is 0 Å². The SMILES string of the molecule is CC(C(=O)N1CCCCC1)N1CCC(CO)CC1.